The molecular weight excluding hydrogens is 334 g/mol. The number of carboxylic acids is 1. The predicted molar refractivity (Wildman–Crippen MR) is 92.6 cm³/mol. The number of piperazine rings is 1. The molecule has 1 aromatic carbocycles. The van der Waals surface area contributed by atoms with Crippen LogP contribution in [0.5, 0.6) is 5.75 Å². The Morgan fingerprint density at radius 3 is 2.81 bits per heavy atom. The number of carbonyl (C=O) groups is 1. The van der Waals surface area contributed by atoms with E-state index in [1.807, 2.05) is 25.2 Å². The zero-order valence-electron chi connectivity index (χ0n) is 14.9. The van der Waals surface area contributed by atoms with Crippen molar-refractivity contribution in [3.05, 3.63) is 29.3 Å². The quantitative estimate of drug-likeness (QED) is 0.819. The Labute approximate surface area is 152 Å². The summed E-state index contributed by atoms with van der Waals surface area (Å²) in [7, 11) is 3.53. The summed E-state index contributed by atoms with van der Waals surface area (Å²) in [6, 6.07) is 6.93. The molecule has 3 aliphatic heterocycles. The molecule has 138 valence electrons. The van der Waals surface area contributed by atoms with E-state index >= 15 is 0 Å². The fourth-order valence-electron chi connectivity index (χ4n) is 5.48. The second-order valence-electron chi connectivity index (χ2n) is 7.43. The standard InChI is InChI=1S/C19H23N3O4/c1-21-12-7-11(19(24)25)18(21)13-6-10-4-3-5-16(26-2)17(10)15(9-23)22(13)14(12)8-20/h3-5,11-15,18,23H,6-7,9H2,1-2H3,(H,24,25)/t11-,12+,13-,14+,15-,18+/m0/s1. The molecule has 2 N–H and O–H groups in total. The first-order chi connectivity index (χ1) is 12.5. The average Bonchev–Trinajstić information content (AvgIpc) is 2.90. The minimum atomic E-state index is -0.806. The van der Waals surface area contributed by atoms with Crippen molar-refractivity contribution >= 4 is 5.97 Å². The number of nitriles is 1. The number of hydrogen-bond donors (Lipinski definition) is 2. The van der Waals surface area contributed by atoms with Gasteiger partial charge in [-0.2, -0.15) is 5.26 Å². The van der Waals surface area contributed by atoms with E-state index in [-0.39, 0.29) is 30.8 Å². The van der Waals surface area contributed by atoms with Gasteiger partial charge >= 0.3 is 5.97 Å². The Bertz CT molecular complexity index is 777. The van der Waals surface area contributed by atoms with Crippen LogP contribution in [0.1, 0.15) is 23.6 Å². The third-order valence-electron chi connectivity index (χ3n) is 6.48. The molecule has 0 aromatic heterocycles. The molecule has 0 aliphatic carbocycles. The van der Waals surface area contributed by atoms with Gasteiger partial charge in [0.15, 0.2) is 0 Å². The number of aliphatic hydroxyl groups is 1. The van der Waals surface area contributed by atoms with E-state index in [1.54, 1.807) is 7.11 Å². The molecule has 0 radical (unpaired) electrons. The van der Waals surface area contributed by atoms with E-state index in [9.17, 15) is 20.3 Å². The Morgan fingerprint density at radius 1 is 1.42 bits per heavy atom. The average molecular weight is 357 g/mol. The van der Waals surface area contributed by atoms with E-state index in [2.05, 4.69) is 15.9 Å². The monoisotopic (exact) mass is 357 g/mol. The van der Waals surface area contributed by atoms with Gasteiger partial charge in [0.2, 0.25) is 0 Å². The maximum absolute atomic E-state index is 11.9. The van der Waals surface area contributed by atoms with Crippen LogP contribution in [0, 0.1) is 17.2 Å². The Morgan fingerprint density at radius 2 is 2.19 bits per heavy atom. The first kappa shape index (κ1) is 17.3. The highest BCUT2D eigenvalue weighted by Gasteiger charge is 2.59. The molecule has 0 amide bonds. The van der Waals surface area contributed by atoms with E-state index < -0.39 is 17.9 Å². The normalized spacial score (nSPS) is 36.1. The van der Waals surface area contributed by atoms with Gasteiger partial charge in [0, 0.05) is 23.7 Å². The first-order valence-corrected chi connectivity index (χ1v) is 8.91. The lowest BCUT2D eigenvalue weighted by Gasteiger charge is -2.54. The number of rotatable bonds is 3. The van der Waals surface area contributed by atoms with Crippen molar-refractivity contribution in [1.82, 2.24) is 9.80 Å². The fourth-order valence-corrected chi connectivity index (χ4v) is 5.48. The summed E-state index contributed by atoms with van der Waals surface area (Å²) in [4.78, 5) is 16.0. The summed E-state index contributed by atoms with van der Waals surface area (Å²) in [6.07, 6.45) is 1.11. The number of benzene rings is 1. The molecule has 3 aliphatic rings. The van der Waals surface area contributed by atoms with E-state index in [1.165, 1.54) is 0 Å². The number of methoxy groups -OCH3 is 1. The lowest BCUT2D eigenvalue weighted by molar-refractivity contribution is -0.144. The van der Waals surface area contributed by atoms with Crippen LogP contribution in [0.25, 0.3) is 0 Å². The summed E-state index contributed by atoms with van der Waals surface area (Å²) in [5.41, 5.74) is 1.98. The van der Waals surface area contributed by atoms with Crippen LogP contribution < -0.4 is 4.74 Å². The molecule has 0 unspecified atom stereocenters. The lowest BCUT2D eigenvalue weighted by Crippen LogP contribution is -2.67. The van der Waals surface area contributed by atoms with Gasteiger partial charge in [0.25, 0.3) is 0 Å². The number of nitrogens with zero attached hydrogens (tertiary/aromatic N) is 3. The highest BCUT2D eigenvalue weighted by molar-refractivity contribution is 5.72. The van der Waals surface area contributed by atoms with Crippen LogP contribution in [0.15, 0.2) is 18.2 Å². The van der Waals surface area contributed by atoms with Crippen LogP contribution in [0.3, 0.4) is 0 Å². The largest absolute Gasteiger partial charge is 0.496 e. The predicted octanol–water partition coefficient (Wildman–Crippen LogP) is 0.635. The summed E-state index contributed by atoms with van der Waals surface area (Å²) >= 11 is 0. The topological polar surface area (TPSA) is 97.0 Å². The summed E-state index contributed by atoms with van der Waals surface area (Å²) in [5, 5.41) is 29.8. The lowest BCUT2D eigenvalue weighted by atomic mass is 9.80. The SMILES string of the molecule is COc1cccc2c1[C@H](CO)N1[C@H](C#N)[C@H]3C[C@H](C(=O)O)[C@H]([C@@H]1C2)N3C. The van der Waals surface area contributed by atoms with Crippen LogP contribution in [-0.2, 0) is 11.2 Å². The van der Waals surface area contributed by atoms with Crippen molar-refractivity contribution in [3.63, 3.8) is 0 Å². The van der Waals surface area contributed by atoms with Gasteiger partial charge in [-0.1, -0.05) is 12.1 Å². The number of carboxylic acid groups (broad SMARTS) is 1. The number of fused-ring (bicyclic) bond motifs is 5. The summed E-state index contributed by atoms with van der Waals surface area (Å²) in [6.45, 7) is -0.136. The molecule has 7 heteroatoms. The highest BCUT2D eigenvalue weighted by atomic mass is 16.5. The van der Waals surface area contributed by atoms with Gasteiger partial charge in [-0.05, 0) is 31.5 Å². The maximum Gasteiger partial charge on any atom is 0.308 e. The van der Waals surface area contributed by atoms with Gasteiger partial charge in [0.05, 0.1) is 31.7 Å². The molecule has 1 aromatic rings. The Kier molecular flexibility index (Phi) is 4.14. The number of aliphatic carboxylic acids is 1. The van der Waals surface area contributed by atoms with Crippen molar-refractivity contribution in [2.75, 3.05) is 20.8 Å². The molecule has 2 fully saturated rings. The second-order valence-corrected chi connectivity index (χ2v) is 7.43. The molecule has 3 heterocycles. The minimum absolute atomic E-state index is 0.124. The molecule has 0 saturated carbocycles. The van der Waals surface area contributed by atoms with Crippen molar-refractivity contribution in [1.29, 1.82) is 5.26 Å². The zero-order valence-corrected chi connectivity index (χ0v) is 14.9. The minimum Gasteiger partial charge on any atom is -0.496 e. The van der Waals surface area contributed by atoms with Crippen molar-refractivity contribution in [2.45, 2.75) is 43.1 Å². The molecule has 26 heavy (non-hydrogen) atoms. The molecule has 6 atom stereocenters. The maximum atomic E-state index is 11.9. The zero-order chi connectivity index (χ0) is 18.6. The first-order valence-electron chi connectivity index (χ1n) is 8.91. The van der Waals surface area contributed by atoms with E-state index in [0.29, 0.717) is 18.6 Å². The van der Waals surface area contributed by atoms with Gasteiger partial charge < -0.3 is 14.9 Å². The molecule has 2 saturated heterocycles. The van der Waals surface area contributed by atoms with Crippen molar-refractivity contribution < 1.29 is 19.7 Å². The van der Waals surface area contributed by atoms with E-state index in [0.717, 1.165) is 11.1 Å². The third kappa shape index (κ3) is 2.19. The number of aliphatic hydroxyl groups excluding tert-OH is 1. The van der Waals surface area contributed by atoms with Crippen LogP contribution in [-0.4, -0.2) is 70.9 Å². The molecular formula is C19H23N3O4. The van der Waals surface area contributed by atoms with Crippen LogP contribution in [0.2, 0.25) is 0 Å². The summed E-state index contributed by atoms with van der Waals surface area (Å²) in [5.74, 6) is -0.597. The highest BCUT2D eigenvalue weighted by Crippen LogP contribution is 2.49. The third-order valence-corrected chi connectivity index (χ3v) is 6.48. The number of hydrogen-bond acceptors (Lipinski definition) is 6. The van der Waals surface area contributed by atoms with Gasteiger partial charge in [-0.15, -0.1) is 0 Å². The number of ether oxygens (including phenoxy) is 1. The Hall–Kier alpha value is -2.14. The van der Waals surface area contributed by atoms with Crippen molar-refractivity contribution in [3.8, 4) is 11.8 Å². The molecule has 2 bridgehead atoms. The fraction of sp³-hybridized carbons (Fsp3) is 0.579. The van der Waals surface area contributed by atoms with Gasteiger partial charge in [0.1, 0.15) is 11.8 Å². The molecule has 4 rings (SSSR count). The van der Waals surface area contributed by atoms with Gasteiger partial charge in [-0.25, -0.2) is 0 Å². The van der Waals surface area contributed by atoms with E-state index in [4.69, 9.17) is 4.74 Å². The van der Waals surface area contributed by atoms with Crippen LogP contribution in [0.4, 0.5) is 0 Å². The summed E-state index contributed by atoms with van der Waals surface area (Å²) < 4.78 is 5.52. The van der Waals surface area contributed by atoms with Crippen LogP contribution >= 0.6 is 0 Å². The molecule has 0 spiro atoms. The second kappa shape index (κ2) is 6.23. The Balaban J connectivity index is 1.87. The smallest absolute Gasteiger partial charge is 0.308 e. The van der Waals surface area contributed by atoms with Crippen molar-refractivity contribution in [2.24, 2.45) is 5.92 Å². The number of likely N-dealkylation sites (N-methyl/N-ethyl adjacent to an activating group) is 1. The molecule has 7 nitrogen and oxygen atoms in total. The van der Waals surface area contributed by atoms with Gasteiger partial charge in [-0.3, -0.25) is 14.6 Å².